The number of aliphatic hydroxyl groups is 1. The second kappa shape index (κ2) is 12.6. The molecular weight excluding hydrogens is 436 g/mol. The van der Waals surface area contributed by atoms with Crippen LogP contribution >= 0.6 is 30.6 Å². The Balaban J connectivity index is 0.00000420. The molecule has 1 aromatic carbocycles. The van der Waals surface area contributed by atoms with Crippen molar-refractivity contribution in [3.05, 3.63) is 39.4 Å². The molecule has 10 heteroatoms. The fraction of sp³-hybridized carbons (Fsp3) is 0.550. The number of aliphatic hydroxyl groups excluding tert-OH is 1. The van der Waals surface area contributed by atoms with Gasteiger partial charge in [-0.1, -0.05) is 48.7 Å². The van der Waals surface area contributed by atoms with Crippen molar-refractivity contribution in [3.63, 3.8) is 0 Å². The number of carbonyl (C=O) groups is 1. The van der Waals surface area contributed by atoms with Crippen molar-refractivity contribution < 1.29 is 62.2 Å². The summed E-state index contributed by atoms with van der Waals surface area (Å²) in [5.74, 6) is -1.47. The predicted molar refractivity (Wildman–Crippen MR) is 109 cm³/mol. The third-order valence-electron chi connectivity index (χ3n) is 5.27. The van der Waals surface area contributed by atoms with Gasteiger partial charge in [-0.05, 0) is 60.5 Å². The van der Waals surface area contributed by atoms with Crippen molar-refractivity contribution in [2.75, 3.05) is 12.3 Å². The van der Waals surface area contributed by atoms with Crippen molar-refractivity contribution >= 4 is 42.1 Å². The molecular formula is C20H25Cl2Li2O5P. The zero-order chi connectivity index (χ0) is 21.1. The van der Waals surface area contributed by atoms with Crippen molar-refractivity contribution in [1.82, 2.24) is 0 Å². The summed E-state index contributed by atoms with van der Waals surface area (Å²) in [7, 11) is -3.94. The number of hydrogen-bond donors (Lipinski definition) is 1. The Morgan fingerprint density at radius 2 is 1.90 bits per heavy atom. The third-order valence-corrected chi connectivity index (χ3v) is 7.89. The number of carbonyl (C=O) groups excluding carboxylic acids is 1. The minimum absolute atomic E-state index is 0. The van der Waals surface area contributed by atoms with Crippen LogP contribution in [0.25, 0.3) is 5.57 Å². The van der Waals surface area contributed by atoms with Crippen LogP contribution in [0, 0.1) is 5.41 Å². The summed E-state index contributed by atoms with van der Waals surface area (Å²) >= 11 is 12.2. The average Bonchev–Trinajstić information content (AvgIpc) is 2.54. The van der Waals surface area contributed by atoms with Gasteiger partial charge in [0, 0.05) is 25.9 Å². The van der Waals surface area contributed by atoms with E-state index >= 15 is 0 Å². The first-order valence-electron chi connectivity index (χ1n) is 9.26. The van der Waals surface area contributed by atoms with Crippen LogP contribution in [0.5, 0.6) is 0 Å². The SMILES string of the molecule is CC1(C)CCCC(c2ccc(Cl)c(Cl)c2)=C1CCP(=O)([O-])C[C@H](O)CC(=O)[O-].[Li+].[Li+]. The van der Waals surface area contributed by atoms with Gasteiger partial charge in [0.05, 0.1) is 16.1 Å². The molecule has 1 unspecified atom stereocenters. The molecule has 0 bridgehead atoms. The molecule has 2 atom stereocenters. The van der Waals surface area contributed by atoms with Crippen LogP contribution < -0.4 is 47.7 Å². The molecule has 1 aromatic rings. The molecule has 156 valence electrons. The Bertz CT molecular complexity index is 829. The van der Waals surface area contributed by atoms with Gasteiger partial charge in [-0.25, -0.2) is 0 Å². The van der Waals surface area contributed by atoms with E-state index in [4.69, 9.17) is 23.2 Å². The van der Waals surface area contributed by atoms with E-state index in [0.29, 0.717) is 16.5 Å². The van der Waals surface area contributed by atoms with Crippen LogP contribution in [-0.2, 0) is 9.36 Å². The molecule has 0 saturated heterocycles. The van der Waals surface area contributed by atoms with E-state index in [1.54, 1.807) is 12.1 Å². The quantitative estimate of drug-likeness (QED) is 0.341. The Labute approximate surface area is 212 Å². The zero-order valence-electron chi connectivity index (χ0n) is 18.0. The van der Waals surface area contributed by atoms with Crippen LogP contribution in [-0.4, -0.2) is 29.5 Å². The fourth-order valence-corrected chi connectivity index (χ4v) is 5.68. The fourth-order valence-electron chi connectivity index (χ4n) is 3.86. The normalized spacial score (nSPS) is 18.6. The van der Waals surface area contributed by atoms with Crippen LogP contribution in [0.1, 0.15) is 51.5 Å². The average molecular weight is 461 g/mol. The van der Waals surface area contributed by atoms with Crippen LogP contribution in [0.15, 0.2) is 23.8 Å². The van der Waals surface area contributed by atoms with Crippen LogP contribution in [0.2, 0.25) is 10.0 Å². The van der Waals surface area contributed by atoms with Gasteiger partial charge in [-0.3, -0.25) is 0 Å². The molecule has 0 aromatic heterocycles. The van der Waals surface area contributed by atoms with Gasteiger partial charge in [0.15, 0.2) is 0 Å². The minimum atomic E-state index is -3.94. The van der Waals surface area contributed by atoms with Crippen LogP contribution in [0.4, 0.5) is 0 Å². The molecule has 0 amide bonds. The van der Waals surface area contributed by atoms with Gasteiger partial charge in [0.25, 0.3) is 0 Å². The summed E-state index contributed by atoms with van der Waals surface area (Å²) in [6, 6.07) is 5.44. The monoisotopic (exact) mass is 460 g/mol. The number of halogens is 2. The van der Waals surface area contributed by atoms with E-state index in [0.717, 1.165) is 36.0 Å². The first-order chi connectivity index (χ1) is 12.9. The number of rotatable bonds is 8. The van der Waals surface area contributed by atoms with E-state index in [9.17, 15) is 24.5 Å². The number of carboxylic acids is 1. The second-order valence-corrected chi connectivity index (χ2v) is 11.3. The van der Waals surface area contributed by atoms with Gasteiger partial charge in [0.2, 0.25) is 0 Å². The largest absolute Gasteiger partial charge is 1.00 e. The van der Waals surface area contributed by atoms with Crippen LogP contribution in [0.3, 0.4) is 0 Å². The number of hydrogen-bond acceptors (Lipinski definition) is 5. The van der Waals surface area contributed by atoms with Crippen molar-refractivity contribution in [2.24, 2.45) is 5.41 Å². The topological polar surface area (TPSA) is 100 Å². The van der Waals surface area contributed by atoms with Gasteiger partial charge < -0.3 is 24.5 Å². The molecule has 0 fully saturated rings. The van der Waals surface area contributed by atoms with E-state index in [2.05, 4.69) is 13.8 Å². The molecule has 0 radical (unpaired) electrons. The summed E-state index contributed by atoms with van der Waals surface area (Å²) in [6.07, 6.45) is 0.284. The van der Waals surface area contributed by atoms with Gasteiger partial charge >= 0.3 is 37.7 Å². The van der Waals surface area contributed by atoms with Gasteiger partial charge in [-0.15, -0.1) is 0 Å². The molecule has 0 aliphatic heterocycles. The van der Waals surface area contributed by atoms with E-state index in [1.165, 1.54) is 0 Å². The molecule has 1 N–H and O–H groups in total. The molecule has 0 saturated carbocycles. The van der Waals surface area contributed by atoms with Crippen molar-refractivity contribution in [1.29, 1.82) is 0 Å². The molecule has 5 nitrogen and oxygen atoms in total. The maximum Gasteiger partial charge on any atom is 1.00 e. The Morgan fingerprint density at radius 1 is 1.27 bits per heavy atom. The molecule has 1 aliphatic carbocycles. The maximum absolute atomic E-state index is 12.4. The van der Waals surface area contributed by atoms with E-state index in [-0.39, 0.29) is 49.3 Å². The first kappa shape index (κ1) is 30.4. The number of benzene rings is 1. The summed E-state index contributed by atoms with van der Waals surface area (Å²) < 4.78 is 12.4. The molecule has 1 aliphatic rings. The van der Waals surface area contributed by atoms with E-state index < -0.39 is 32.0 Å². The number of carboxylic acid groups (broad SMARTS) is 1. The summed E-state index contributed by atoms with van der Waals surface area (Å²) in [5, 5.41) is 21.1. The third kappa shape index (κ3) is 8.71. The maximum atomic E-state index is 12.4. The first-order valence-corrected chi connectivity index (χ1v) is 12.0. The minimum Gasteiger partial charge on any atom is -0.799 e. The van der Waals surface area contributed by atoms with Crippen molar-refractivity contribution in [3.8, 4) is 0 Å². The zero-order valence-corrected chi connectivity index (χ0v) is 20.4. The predicted octanol–water partition coefficient (Wildman–Crippen LogP) is -2.51. The Kier molecular flexibility index (Phi) is 12.7. The van der Waals surface area contributed by atoms with E-state index in [1.807, 2.05) is 6.07 Å². The van der Waals surface area contributed by atoms with Crippen molar-refractivity contribution in [2.45, 2.75) is 52.1 Å². The molecule has 0 heterocycles. The number of aliphatic carboxylic acids is 1. The number of allylic oxidation sites excluding steroid dienone is 2. The molecule has 2 rings (SSSR count). The summed E-state index contributed by atoms with van der Waals surface area (Å²) in [6.45, 7) is 4.19. The second-order valence-electron chi connectivity index (χ2n) is 8.02. The summed E-state index contributed by atoms with van der Waals surface area (Å²) in [5.41, 5.74) is 2.92. The summed E-state index contributed by atoms with van der Waals surface area (Å²) in [4.78, 5) is 23.0. The molecule has 30 heavy (non-hydrogen) atoms. The smallest absolute Gasteiger partial charge is 0.799 e. The van der Waals surface area contributed by atoms with Gasteiger partial charge in [-0.2, -0.15) is 0 Å². The Hall–Kier alpha value is 0.355. The van der Waals surface area contributed by atoms with Gasteiger partial charge in [0.1, 0.15) is 0 Å². The Morgan fingerprint density at radius 3 is 2.47 bits per heavy atom. The molecule has 0 spiro atoms. The standard InChI is InChI=1S/C20H27Cl2O5P.2Li/c1-20(2)8-3-4-15(13-5-6-17(21)18(22)10-13)16(20)7-9-28(26,27)12-14(23)11-19(24)25;;/h5-6,10,14,23H,3-4,7-9,11-12H2,1-2H3,(H,24,25)(H,26,27);;/q;2*+1/p-2/t14-;;/m1../s1.